The van der Waals surface area contributed by atoms with Crippen LogP contribution in [0.25, 0.3) is 0 Å². The van der Waals surface area contributed by atoms with Gasteiger partial charge in [-0.1, -0.05) is 6.07 Å². The molecule has 12 heteroatoms. The van der Waals surface area contributed by atoms with Crippen molar-refractivity contribution in [3.63, 3.8) is 0 Å². The van der Waals surface area contributed by atoms with E-state index < -0.39 is 21.2 Å². The number of carbonyl (C=O) groups excluding carboxylic acids is 1. The number of hydrogen-bond acceptors (Lipinski definition) is 7. The summed E-state index contributed by atoms with van der Waals surface area (Å²) in [5.41, 5.74) is 2.81. The molecular formula is C24H31N5O6S. The van der Waals surface area contributed by atoms with E-state index in [1.54, 1.807) is 24.3 Å². The maximum absolute atomic E-state index is 13.5. The Balaban J connectivity index is 1.49. The van der Waals surface area contributed by atoms with Crippen LogP contribution in [0.2, 0.25) is 0 Å². The molecule has 3 aliphatic rings. The van der Waals surface area contributed by atoms with E-state index in [4.69, 9.17) is 0 Å². The molecule has 5 rings (SSSR count). The van der Waals surface area contributed by atoms with E-state index in [1.807, 2.05) is 16.7 Å². The number of pyridine rings is 1. The first-order valence-electron chi connectivity index (χ1n) is 12.1. The van der Waals surface area contributed by atoms with Crippen molar-refractivity contribution in [2.75, 3.05) is 37.8 Å². The van der Waals surface area contributed by atoms with Gasteiger partial charge in [-0.15, -0.1) is 0 Å². The Morgan fingerprint density at radius 2 is 2.03 bits per heavy atom. The third-order valence-electron chi connectivity index (χ3n) is 7.81. The molecule has 1 saturated heterocycles. The van der Waals surface area contributed by atoms with E-state index >= 15 is 0 Å². The highest BCUT2D eigenvalue weighted by molar-refractivity contribution is 7.89. The van der Waals surface area contributed by atoms with Crippen molar-refractivity contribution in [3.8, 4) is 0 Å². The maximum Gasteiger partial charge on any atom is 0.250 e. The highest BCUT2D eigenvalue weighted by atomic mass is 32.2. The number of fused-ring (bicyclic) bond motifs is 8. The van der Waals surface area contributed by atoms with Crippen molar-refractivity contribution in [1.82, 2.24) is 14.2 Å². The number of amides is 1. The van der Waals surface area contributed by atoms with Gasteiger partial charge >= 0.3 is 0 Å². The lowest BCUT2D eigenvalue weighted by atomic mass is 9.70. The number of benzene rings is 1. The van der Waals surface area contributed by atoms with E-state index in [-0.39, 0.29) is 47.3 Å². The van der Waals surface area contributed by atoms with Crippen LogP contribution in [0.3, 0.4) is 0 Å². The molecule has 4 heterocycles. The maximum atomic E-state index is 13.5. The summed E-state index contributed by atoms with van der Waals surface area (Å²) >= 11 is 0. The van der Waals surface area contributed by atoms with Crippen LogP contribution >= 0.6 is 0 Å². The third kappa shape index (κ3) is 4.33. The van der Waals surface area contributed by atoms with Gasteiger partial charge in [0.2, 0.25) is 15.9 Å². The van der Waals surface area contributed by atoms with Gasteiger partial charge in [0.25, 0.3) is 5.56 Å². The summed E-state index contributed by atoms with van der Waals surface area (Å²) in [6.45, 7) is 1.11. The topological polar surface area (TPSA) is 139 Å². The van der Waals surface area contributed by atoms with Crippen molar-refractivity contribution in [3.05, 3.63) is 63.2 Å². The molecule has 0 spiro atoms. The van der Waals surface area contributed by atoms with Crippen LogP contribution in [0.4, 0.5) is 11.4 Å². The average molecular weight is 518 g/mol. The zero-order valence-corrected chi connectivity index (χ0v) is 21.1. The number of anilines is 1. The van der Waals surface area contributed by atoms with Crippen molar-refractivity contribution in [2.24, 2.45) is 11.8 Å². The smallest absolute Gasteiger partial charge is 0.250 e. The Labute approximate surface area is 209 Å². The van der Waals surface area contributed by atoms with E-state index in [0.29, 0.717) is 19.5 Å². The summed E-state index contributed by atoms with van der Waals surface area (Å²) in [5, 5.41) is 22.9. The zero-order chi connectivity index (χ0) is 25.8. The molecular weight excluding hydrogens is 486 g/mol. The SMILES string of the molecule is CN(C)S(=O)(=O)CCNC(=O)C1Cc2cc([NH+]([O-])O)ccc2N2CC3CC(Cn4c3cccc4=O)C12. The predicted molar refractivity (Wildman–Crippen MR) is 133 cm³/mol. The van der Waals surface area contributed by atoms with E-state index in [0.717, 1.165) is 27.7 Å². The minimum absolute atomic E-state index is 0.0137. The second-order valence-electron chi connectivity index (χ2n) is 10.1. The molecule has 1 amide bonds. The molecule has 3 aliphatic heterocycles. The van der Waals surface area contributed by atoms with Crippen molar-refractivity contribution in [2.45, 2.75) is 31.3 Å². The predicted octanol–water partition coefficient (Wildman–Crippen LogP) is -0.576. The first-order valence-corrected chi connectivity index (χ1v) is 13.7. The van der Waals surface area contributed by atoms with Crippen LogP contribution in [0.1, 0.15) is 23.6 Å². The fraction of sp³-hybridized carbons (Fsp3) is 0.500. The number of nitrogens with one attached hydrogen (secondary N) is 2. The highest BCUT2D eigenvalue weighted by Gasteiger charge is 2.49. The van der Waals surface area contributed by atoms with Crippen LogP contribution < -0.4 is 21.0 Å². The van der Waals surface area contributed by atoms with E-state index in [1.165, 1.54) is 14.1 Å². The van der Waals surface area contributed by atoms with E-state index in [9.17, 15) is 28.4 Å². The Kier molecular flexibility index (Phi) is 6.41. The zero-order valence-electron chi connectivity index (χ0n) is 20.3. The minimum Gasteiger partial charge on any atom is -0.595 e. The number of rotatable bonds is 6. The molecule has 0 aliphatic carbocycles. The monoisotopic (exact) mass is 517 g/mol. The van der Waals surface area contributed by atoms with Crippen LogP contribution in [0.15, 0.2) is 41.2 Å². The van der Waals surface area contributed by atoms with Crippen molar-refractivity contribution in [1.29, 1.82) is 0 Å². The summed E-state index contributed by atoms with van der Waals surface area (Å²) < 4.78 is 27.2. The van der Waals surface area contributed by atoms with Crippen molar-refractivity contribution < 1.29 is 23.6 Å². The molecule has 0 radical (unpaired) electrons. The normalized spacial score (nSPS) is 25.5. The third-order valence-corrected chi connectivity index (χ3v) is 9.64. The molecule has 1 aromatic heterocycles. The molecule has 0 saturated carbocycles. The number of piperidine rings is 1. The van der Waals surface area contributed by atoms with Gasteiger partial charge in [0, 0.05) is 75.3 Å². The van der Waals surface area contributed by atoms with Gasteiger partial charge in [0.1, 0.15) is 0 Å². The van der Waals surface area contributed by atoms with Crippen LogP contribution in [0, 0.1) is 17.0 Å². The van der Waals surface area contributed by atoms with E-state index in [2.05, 4.69) is 10.2 Å². The molecule has 1 aromatic carbocycles. The lowest BCUT2D eigenvalue weighted by Crippen LogP contribution is -2.99. The highest BCUT2D eigenvalue weighted by Crippen LogP contribution is 2.47. The molecule has 2 bridgehead atoms. The first kappa shape index (κ1) is 24.9. The number of quaternary nitrogens is 1. The van der Waals surface area contributed by atoms with Gasteiger partial charge in [-0.05, 0) is 36.5 Å². The van der Waals surface area contributed by atoms with Gasteiger partial charge in [0.15, 0.2) is 5.69 Å². The number of aromatic nitrogens is 1. The fourth-order valence-corrected chi connectivity index (χ4v) is 6.83. The number of nitrogens with zero attached hydrogens (tertiary/aromatic N) is 3. The second-order valence-corrected chi connectivity index (χ2v) is 12.4. The quantitative estimate of drug-likeness (QED) is 0.436. The standard InChI is InChI=1S/C24H31N5O6S/c1-26(2)36(34,35)9-8-25-24(31)19-12-15-11-18(29(32)33)6-7-21(15)28-13-16-10-17(23(19)28)14-27-20(16)4-3-5-22(27)30/h3-7,11,16-17,19,23,29,32H,8-10,12-14H2,1-2H3,(H,25,31). The lowest BCUT2D eigenvalue weighted by molar-refractivity contribution is -0.991. The Bertz CT molecular complexity index is 1340. The average Bonchev–Trinajstić information content (AvgIpc) is 2.83. The molecule has 3 N–H and O–H groups in total. The molecule has 11 nitrogen and oxygen atoms in total. The summed E-state index contributed by atoms with van der Waals surface area (Å²) in [5.74, 6) is -0.802. The van der Waals surface area contributed by atoms with Gasteiger partial charge in [-0.2, -0.15) is 5.23 Å². The summed E-state index contributed by atoms with van der Waals surface area (Å²) in [6.07, 6.45) is 1.20. The molecule has 36 heavy (non-hydrogen) atoms. The first-order chi connectivity index (χ1) is 17.1. The molecule has 194 valence electrons. The Hall–Kier alpha value is -2.77. The summed E-state index contributed by atoms with van der Waals surface area (Å²) in [4.78, 5) is 28.3. The number of hydrogen-bond donors (Lipinski definition) is 3. The molecule has 5 unspecified atom stereocenters. The van der Waals surface area contributed by atoms with Gasteiger partial charge < -0.3 is 20.0 Å². The van der Waals surface area contributed by atoms with Crippen LogP contribution in [-0.2, 0) is 27.8 Å². The number of sulfonamides is 1. The molecule has 1 fully saturated rings. The summed E-state index contributed by atoms with van der Waals surface area (Å²) in [7, 11) is -0.553. The Morgan fingerprint density at radius 3 is 2.75 bits per heavy atom. The fourth-order valence-electron chi connectivity index (χ4n) is 6.10. The lowest BCUT2D eigenvalue weighted by Gasteiger charge is -2.54. The van der Waals surface area contributed by atoms with Crippen LogP contribution in [-0.4, -0.2) is 67.4 Å². The van der Waals surface area contributed by atoms with Gasteiger partial charge in [-0.25, -0.2) is 17.9 Å². The minimum atomic E-state index is -3.46. The number of carbonyl (C=O) groups is 1. The van der Waals surface area contributed by atoms with Gasteiger partial charge in [0.05, 0.1) is 11.7 Å². The molecule has 2 aromatic rings. The van der Waals surface area contributed by atoms with Gasteiger partial charge in [-0.3, -0.25) is 9.59 Å². The Morgan fingerprint density at radius 1 is 1.25 bits per heavy atom. The van der Waals surface area contributed by atoms with Crippen molar-refractivity contribution >= 4 is 27.3 Å². The van der Waals surface area contributed by atoms with Crippen LogP contribution in [0.5, 0.6) is 0 Å². The largest absolute Gasteiger partial charge is 0.595 e. The summed E-state index contributed by atoms with van der Waals surface area (Å²) in [6, 6.07) is 10.2. The molecule has 5 atom stereocenters. The second kappa shape index (κ2) is 9.27.